The van der Waals surface area contributed by atoms with E-state index in [1.54, 1.807) is 18.2 Å². The lowest BCUT2D eigenvalue weighted by Crippen LogP contribution is -2.49. The van der Waals surface area contributed by atoms with Crippen LogP contribution in [0.1, 0.15) is 35.2 Å². The van der Waals surface area contributed by atoms with E-state index in [4.69, 9.17) is 4.74 Å². The smallest absolute Gasteiger partial charge is 0.401 e. The van der Waals surface area contributed by atoms with Crippen LogP contribution in [0.2, 0.25) is 0 Å². The molecule has 33 heavy (non-hydrogen) atoms. The zero-order valence-electron chi connectivity index (χ0n) is 18.7. The summed E-state index contributed by atoms with van der Waals surface area (Å²) in [5.41, 5.74) is 3.33. The van der Waals surface area contributed by atoms with E-state index in [0.29, 0.717) is 18.8 Å². The largest absolute Gasteiger partial charge is 0.492 e. The lowest BCUT2D eigenvalue weighted by Gasteiger charge is -2.42. The second-order valence-electron chi connectivity index (χ2n) is 9.13. The Labute approximate surface area is 191 Å². The number of hydrogen-bond acceptors (Lipinski definition) is 4. The number of halogens is 4. The zero-order valence-corrected chi connectivity index (χ0v) is 18.7. The van der Waals surface area contributed by atoms with Gasteiger partial charge in [0, 0.05) is 31.6 Å². The van der Waals surface area contributed by atoms with Gasteiger partial charge in [-0.1, -0.05) is 30.3 Å². The van der Waals surface area contributed by atoms with Crippen LogP contribution in [0.4, 0.5) is 17.6 Å². The summed E-state index contributed by atoms with van der Waals surface area (Å²) in [6.45, 7) is 3.15. The summed E-state index contributed by atoms with van der Waals surface area (Å²) in [4.78, 5) is 3.64. The third-order valence-corrected chi connectivity index (χ3v) is 6.58. The highest BCUT2D eigenvalue weighted by atomic mass is 19.4. The van der Waals surface area contributed by atoms with Crippen LogP contribution in [-0.4, -0.2) is 66.6 Å². The van der Waals surface area contributed by atoms with Crippen molar-refractivity contribution in [2.75, 3.05) is 39.5 Å². The van der Waals surface area contributed by atoms with E-state index >= 15 is 0 Å². The second-order valence-corrected chi connectivity index (χ2v) is 9.13. The first-order valence-electron chi connectivity index (χ1n) is 11.3. The Kier molecular flexibility index (Phi) is 7.26. The average molecular weight is 467 g/mol. The van der Waals surface area contributed by atoms with Gasteiger partial charge in [0.05, 0.1) is 25.9 Å². The maximum absolute atomic E-state index is 13.4. The molecule has 2 heterocycles. The van der Waals surface area contributed by atoms with E-state index in [9.17, 15) is 22.7 Å². The fourth-order valence-electron chi connectivity index (χ4n) is 4.89. The van der Waals surface area contributed by atoms with Crippen LogP contribution in [0, 0.1) is 5.92 Å². The summed E-state index contributed by atoms with van der Waals surface area (Å²) in [5.74, 6) is 0.793. The first-order valence-corrected chi connectivity index (χ1v) is 11.3. The molecule has 0 spiro atoms. The molecule has 1 fully saturated rings. The molecule has 1 saturated heterocycles. The van der Waals surface area contributed by atoms with Crippen LogP contribution in [0.3, 0.4) is 0 Å². The van der Waals surface area contributed by atoms with Gasteiger partial charge in [0.25, 0.3) is 0 Å². The van der Waals surface area contributed by atoms with E-state index in [2.05, 4.69) is 4.90 Å². The van der Waals surface area contributed by atoms with Crippen LogP contribution in [0.15, 0.2) is 42.5 Å². The quantitative estimate of drug-likeness (QED) is 0.587. The van der Waals surface area contributed by atoms with Crippen molar-refractivity contribution in [3.8, 4) is 5.75 Å². The van der Waals surface area contributed by atoms with Gasteiger partial charge in [-0.2, -0.15) is 13.2 Å². The van der Waals surface area contributed by atoms with Gasteiger partial charge in [-0.3, -0.25) is 14.2 Å². The van der Waals surface area contributed by atoms with Gasteiger partial charge < -0.3 is 9.84 Å². The van der Waals surface area contributed by atoms with Crippen LogP contribution in [0.5, 0.6) is 5.75 Å². The first kappa shape index (κ1) is 24.0. The van der Waals surface area contributed by atoms with E-state index < -0.39 is 18.8 Å². The predicted octanol–water partition coefficient (Wildman–Crippen LogP) is 4.36. The number of alkyl halides is 4. The Morgan fingerprint density at radius 3 is 2.45 bits per heavy atom. The Hall–Kier alpha value is -2.16. The molecule has 2 aliphatic heterocycles. The molecule has 0 unspecified atom stereocenters. The van der Waals surface area contributed by atoms with Crippen molar-refractivity contribution >= 4 is 0 Å². The van der Waals surface area contributed by atoms with Gasteiger partial charge in [0.15, 0.2) is 0 Å². The number of aliphatic hydroxyl groups is 1. The fourth-order valence-corrected chi connectivity index (χ4v) is 4.89. The minimum absolute atomic E-state index is 0.101. The highest BCUT2D eigenvalue weighted by Crippen LogP contribution is 2.40. The molecule has 4 rings (SSSR count). The third-order valence-electron chi connectivity index (χ3n) is 6.58. The minimum atomic E-state index is -4.31. The Morgan fingerprint density at radius 1 is 1.09 bits per heavy atom. The number of likely N-dealkylation sites (tertiary alicyclic amines) is 1. The fraction of sp³-hybridized carbons (Fsp3) is 0.520. The van der Waals surface area contributed by atoms with Gasteiger partial charge in [-0.15, -0.1) is 0 Å². The molecule has 180 valence electrons. The Morgan fingerprint density at radius 2 is 1.82 bits per heavy atom. The number of fused-ring (bicyclic) bond motifs is 1. The first-order chi connectivity index (χ1) is 15.8. The highest BCUT2D eigenvalue weighted by molar-refractivity contribution is 5.43. The van der Waals surface area contributed by atoms with Crippen LogP contribution >= 0.6 is 0 Å². The molecular formula is C25H30F4N2O2. The van der Waals surface area contributed by atoms with E-state index in [0.717, 1.165) is 41.9 Å². The van der Waals surface area contributed by atoms with Crippen LogP contribution < -0.4 is 4.74 Å². The number of benzene rings is 2. The molecule has 0 amide bonds. The lowest BCUT2D eigenvalue weighted by molar-refractivity contribution is -0.155. The maximum atomic E-state index is 13.4. The third kappa shape index (κ3) is 5.67. The maximum Gasteiger partial charge on any atom is 0.401 e. The summed E-state index contributed by atoms with van der Waals surface area (Å²) in [7, 11) is 0. The topological polar surface area (TPSA) is 35.9 Å². The molecule has 2 atom stereocenters. The average Bonchev–Trinajstić information content (AvgIpc) is 2.75. The summed E-state index contributed by atoms with van der Waals surface area (Å²) in [6.07, 6.45) is -3.81. The normalized spacial score (nSPS) is 22.1. The summed E-state index contributed by atoms with van der Waals surface area (Å²) < 4.78 is 58.6. The molecule has 0 saturated carbocycles. The van der Waals surface area contributed by atoms with E-state index in [-0.39, 0.29) is 25.2 Å². The minimum Gasteiger partial charge on any atom is -0.492 e. The molecule has 0 radical (unpaired) electrons. The van der Waals surface area contributed by atoms with Gasteiger partial charge in [-0.05, 0) is 47.7 Å². The summed E-state index contributed by atoms with van der Waals surface area (Å²) in [5, 5.41) is 9.48. The SMILES string of the molecule is C[C@H]1Cc2cc(CO)ccc2[C@H](c2ccc(OCCN3CC(CF)C3)cc2)N1CC(F)(F)F. The van der Waals surface area contributed by atoms with Crippen molar-refractivity contribution in [1.82, 2.24) is 9.80 Å². The van der Waals surface area contributed by atoms with E-state index in [1.165, 1.54) is 4.90 Å². The van der Waals surface area contributed by atoms with Crippen LogP contribution in [0.25, 0.3) is 0 Å². The van der Waals surface area contributed by atoms with Crippen LogP contribution in [-0.2, 0) is 13.0 Å². The molecule has 0 bridgehead atoms. The van der Waals surface area contributed by atoms with Crippen molar-refractivity contribution in [3.05, 3.63) is 64.7 Å². The molecule has 8 heteroatoms. The molecule has 4 nitrogen and oxygen atoms in total. The summed E-state index contributed by atoms with van der Waals surface area (Å²) in [6, 6.07) is 11.9. The number of hydrogen-bond donors (Lipinski definition) is 1. The molecule has 1 N–H and O–H groups in total. The number of aliphatic hydroxyl groups excluding tert-OH is 1. The Bertz CT molecular complexity index is 929. The lowest BCUT2D eigenvalue weighted by atomic mass is 9.84. The molecule has 2 aromatic carbocycles. The summed E-state index contributed by atoms with van der Waals surface area (Å²) >= 11 is 0. The van der Waals surface area contributed by atoms with Gasteiger partial charge in [0.1, 0.15) is 12.4 Å². The highest BCUT2D eigenvalue weighted by Gasteiger charge is 2.40. The van der Waals surface area contributed by atoms with Crippen molar-refractivity contribution in [2.24, 2.45) is 5.92 Å². The molecule has 2 aromatic rings. The van der Waals surface area contributed by atoms with Crippen molar-refractivity contribution in [2.45, 2.75) is 38.2 Å². The molecular weight excluding hydrogens is 436 g/mol. The molecule has 0 aromatic heterocycles. The number of rotatable bonds is 8. The van der Waals surface area contributed by atoms with Crippen molar-refractivity contribution < 1.29 is 27.4 Å². The number of nitrogens with zero attached hydrogens (tertiary/aromatic N) is 2. The van der Waals surface area contributed by atoms with Gasteiger partial charge in [0.2, 0.25) is 0 Å². The van der Waals surface area contributed by atoms with Crippen molar-refractivity contribution in [3.63, 3.8) is 0 Å². The number of ether oxygens (including phenoxy) is 1. The van der Waals surface area contributed by atoms with Gasteiger partial charge in [-0.25, -0.2) is 0 Å². The second kappa shape index (κ2) is 9.99. The predicted molar refractivity (Wildman–Crippen MR) is 118 cm³/mol. The zero-order chi connectivity index (χ0) is 23.6. The Balaban J connectivity index is 1.51. The van der Waals surface area contributed by atoms with Gasteiger partial charge >= 0.3 is 6.18 Å². The monoisotopic (exact) mass is 466 g/mol. The molecule has 0 aliphatic carbocycles. The standard InChI is InChI=1S/C25H30F4N2O2/c1-17-10-21-11-18(15-32)2-7-23(21)24(31(17)16-25(27,28)29)20-3-5-22(6-4-20)33-9-8-30-13-19(12-26)14-30/h2-7,11,17,19,24,32H,8-10,12-16H2,1H3/t17-,24-/m0/s1. The molecule has 2 aliphatic rings. The van der Waals surface area contributed by atoms with E-state index in [1.807, 2.05) is 31.2 Å². The van der Waals surface area contributed by atoms with Crippen molar-refractivity contribution in [1.29, 1.82) is 0 Å².